The molecule has 0 aromatic heterocycles. The Bertz CT molecular complexity index is 781. The van der Waals surface area contributed by atoms with Gasteiger partial charge in [-0.3, -0.25) is 0 Å². The van der Waals surface area contributed by atoms with Crippen molar-refractivity contribution in [3.05, 3.63) is 64.7 Å². The topological polar surface area (TPSA) is 46.1 Å². The highest BCUT2D eigenvalue weighted by atomic mass is 35.5. The monoisotopic (exact) mass is 447 g/mol. The third-order valence-electron chi connectivity index (χ3n) is 5.22. The van der Waals surface area contributed by atoms with Crippen molar-refractivity contribution in [1.29, 1.82) is 0 Å². The third-order valence-corrected chi connectivity index (χ3v) is 5.22. The maximum absolute atomic E-state index is 6.16. The average molecular weight is 448 g/mol. The van der Waals surface area contributed by atoms with Crippen molar-refractivity contribution in [2.24, 2.45) is 11.8 Å². The van der Waals surface area contributed by atoms with Gasteiger partial charge in [-0.1, -0.05) is 64.1 Å². The fourth-order valence-electron chi connectivity index (χ4n) is 3.91. The van der Waals surface area contributed by atoms with Crippen LogP contribution in [0.15, 0.2) is 42.5 Å². The maximum Gasteiger partial charge on any atom is 0.122 e. The van der Waals surface area contributed by atoms with Crippen molar-refractivity contribution in [3.63, 3.8) is 0 Å². The molecule has 3 nitrogen and oxygen atoms in total. The minimum absolute atomic E-state index is 0. The summed E-state index contributed by atoms with van der Waals surface area (Å²) < 4.78 is 12.1. The summed E-state index contributed by atoms with van der Waals surface area (Å²) in [6.45, 7) is 15.3. The molecule has 0 aliphatic carbocycles. The van der Waals surface area contributed by atoms with Crippen LogP contribution >= 0.6 is 0 Å². The Labute approximate surface area is 196 Å². The fraction of sp³-hybridized carbons (Fsp3) is 0.556. The largest absolute Gasteiger partial charge is 1.00 e. The number of halogens is 1. The zero-order valence-corrected chi connectivity index (χ0v) is 21.1. The third kappa shape index (κ3) is 9.22. The van der Waals surface area contributed by atoms with Gasteiger partial charge >= 0.3 is 0 Å². The van der Waals surface area contributed by atoms with E-state index in [0.29, 0.717) is 31.7 Å². The second-order valence-electron chi connectivity index (χ2n) is 9.84. The Morgan fingerprint density at radius 3 is 2.10 bits per heavy atom. The molecule has 0 unspecified atom stereocenters. The van der Waals surface area contributed by atoms with Gasteiger partial charge in [0.15, 0.2) is 0 Å². The van der Waals surface area contributed by atoms with Crippen LogP contribution in [0.25, 0.3) is 0 Å². The summed E-state index contributed by atoms with van der Waals surface area (Å²) in [5.41, 5.74) is 9.60. The van der Waals surface area contributed by atoms with Gasteiger partial charge in [-0.05, 0) is 67.7 Å². The molecule has 0 fully saturated rings. The van der Waals surface area contributed by atoms with Crippen LogP contribution in [0.2, 0.25) is 0 Å². The normalized spacial score (nSPS) is 11.6. The van der Waals surface area contributed by atoms with Crippen molar-refractivity contribution in [1.82, 2.24) is 0 Å². The molecule has 0 aliphatic heterocycles. The molecule has 0 aliphatic rings. The van der Waals surface area contributed by atoms with Gasteiger partial charge in [-0.2, -0.15) is 0 Å². The number of rotatable bonds is 12. The second kappa shape index (κ2) is 13.1. The fourth-order valence-corrected chi connectivity index (χ4v) is 3.91. The predicted molar refractivity (Wildman–Crippen MR) is 126 cm³/mol. The lowest BCUT2D eigenvalue weighted by molar-refractivity contribution is -0.475. The Morgan fingerprint density at radius 1 is 0.806 bits per heavy atom. The van der Waals surface area contributed by atoms with Crippen LogP contribution < -0.4 is 22.9 Å². The van der Waals surface area contributed by atoms with E-state index < -0.39 is 0 Å². The molecule has 31 heavy (non-hydrogen) atoms. The van der Waals surface area contributed by atoms with Gasteiger partial charge in [-0.25, -0.2) is 0 Å². The zero-order chi connectivity index (χ0) is 22.1. The number of ether oxygens (including phenoxy) is 2. The first-order valence-corrected chi connectivity index (χ1v) is 11.4. The number of hydrogen-bond acceptors (Lipinski definition) is 2. The van der Waals surface area contributed by atoms with E-state index in [1.54, 1.807) is 0 Å². The maximum atomic E-state index is 6.16. The van der Waals surface area contributed by atoms with E-state index in [1.807, 2.05) is 0 Å². The first kappa shape index (κ1) is 27.5. The Kier molecular flexibility index (Phi) is 11.6. The lowest BCUT2D eigenvalue weighted by atomic mass is 9.90. The summed E-state index contributed by atoms with van der Waals surface area (Å²) in [5.74, 6) is 2.27. The van der Waals surface area contributed by atoms with Gasteiger partial charge in [0.25, 0.3) is 0 Å². The number of hydrogen-bond donors (Lipinski definition) is 1. The van der Waals surface area contributed by atoms with E-state index in [-0.39, 0.29) is 17.9 Å². The summed E-state index contributed by atoms with van der Waals surface area (Å²) in [7, 11) is 0. The van der Waals surface area contributed by atoms with Gasteiger partial charge in [0.2, 0.25) is 0 Å². The highest BCUT2D eigenvalue weighted by Crippen LogP contribution is 2.27. The molecule has 0 bridgehead atoms. The van der Waals surface area contributed by atoms with Crippen LogP contribution in [-0.4, -0.2) is 19.8 Å². The van der Waals surface area contributed by atoms with Crippen molar-refractivity contribution < 1.29 is 27.6 Å². The SMILES string of the molecule is CC(C)Cc1cccc(OCCOCCc2ccccc2C(C)(C)[NH3+])c1CC(C)C.[Cl-]. The standard InChI is InChI=1S/C27H41NO2.ClH/c1-20(2)18-23-11-9-13-26(24(23)19-21(3)4)30-17-16-29-15-14-22-10-7-8-12-25(22)27(5,6)28;/h7-13,20-21H,14-19,28H2,1-6H3;1H. The number of benzene rings is 2. The predicted octanol–water partition coefficient (Wildman–Crippen LogP) is 2.20. The molecular weight excluding hydrogens is 406 g/mol. The average Bonchev–Trinajstić information content (AvgIpc) is 2.65. The first-order chi connectivity index (χ1) is 14.2. The van der Waals surface area contributed by atoms with Gasteiger partial charge < -0.3 is 27.6 Å². The van der Waals surface area contributed by atoms with E-state index >= 15 is 0 Å². The molecule has 0 spiro atoms. The summed E-state index contributed by atoms with van der Waals surface area (Å²) in [6, 6.07) is 15.0. The van der Waals surface area contributed by atoms with Crippen molar-refractivity contribution in [3.8, 4) is 5.75 Å². The highest BCUT2D eigenvalue weighted by molar-refractivity contribution is 5.41. The van der Waals surface area contributed by atoms with E-state index in [0.717, 1.165) is 25.0 Å². The molecule has 0 saturated heterocycles. The van der Waals surface area contributed by atoms with Crippen LogP contribution in [-0.2, 0) is 29.5 Å². The molecular formula is C27H42ClNO2. The first-order valence-electron chi connectivity index (χ1n) is 11.4. The molecule has 2 aromatic rings. The quantitative estimate of drug-likeness (QED) is 0.507. The van der Waals surface area contributed by atoms with Crippen LogP contribution in [0, 0.1) is 11.8 Å². The molecule has 0 amide bonds. The van der Waals surface area contributed by atoms with Gasteiger partial charge in [0.1, 0.15) is 17.9 Å². The molecule has 0 atom stereocenters. The highest BCUT2D eigenvalue weighted by Gasteiger charge is 2.21. The van der Waals surface area contributed by atoms with E-state index in [2.05, 4.69) is 89.7 Å². The second-order valence-corrected chi connectivity index (χ2v) is 9.84. The molecule has 0 heterocycles. The Balaban J connectivity index is 0.00000480. The summed E-state index contributed by atoms with van der Waals surface area (Å²) in [6.07, 6.45) is 3.05. The zero-order valence-electron chi connectivity index (χ0n) is 20.3. The van der Waals surface area contributed by atoms with E-state index in [1.165, 1.54) is 22.3 Å². The summed E-state index contributed by atoms with van der Waals surface area (Å²) >= 11 is 0. The van der Waals surface area contributed by atoms with Crippen LogP contribution in [0.5, 0.6) is 5.75 Å². The molecule has 3 N–H and O–H groups in total. The Hall–Kier alpha value is -1.55. The lowest BCUT2D eigenvalue weighted by Crippen LogP contribution is -3.00. The minimum Gasteiger partial charge on any atom is -1.00 e. The van der Waals surface area contributed by atoms with Crippen LogP contribution in [0.4, 0.5) is 0 Å². The Morgan fingerprint density at radius 2 is 1.45 bits per heavy atom. The number of quaternary nitrogens is 1. The van der Waals surface area contributed by atoms with E-state index in [9.17, 15) is 0 Å². The molecule has 2 rings (SSSR count). The molecule has 0 saturated carbocycles. The molecule has 2 aromatic carbocycles. The molecule has 4 heteroatoms. The van der Waals surface area contributed by atoms with Gasteiger partial charge in [0.05, 0.1) is 13.2 Å². The van der Waals surface area contributed by atoms with E-state index in [4.69, 9.17) is 9.47 Å². The molecule has 174 valence electrons. The van der Waals surface area contributed by atoms with Gasteiger partial charge in [0, 0.05) is 5.56 Å². The van der Waals surface area contributed by atoms with Gasteiger partial charge in [-0.15, -0.1) is 0 Å². The summed E-state index contributed by atoms with van der Waals surface area (Å²) in [4.78, 5) is 0. The smallest absolute Gasteiger partial charge is 0.122 e. The van der Waals surface area contributed by atoms with Crippen molar-refractivity contribution >= 4 is 0 Å². The lowest BCUT2D eigenvalue weighted by Gasteiger charge is -2.20. The van der Waals surface area contributed by atoms with Crippen LogP contribution in [0.3, 0.4) is 0 Å². The van der Waals surface area contributed by atoms with Crippen molar-refractivity contribution in [2.75, 3.05) is 19.8 Å². The van der Waals surface area contributed by atoms with Crippen LogP contribution in [0.1, 0.15) is 63.8 Å². The van der Waals surface area contributed by atoms with Crippen molar-refractivity contribution in [2.45, 2.75) is 66.3 Å². The summed E-state index contributed by atoms with van der Waals surface area (Å²) in [5, 5.41) is 0. The minimum atomic E-state index is -0.0898. The molecule has 0 radical (unpaired) electrons.